The molecule has 1 aromatic rings. The molecule has 0 unspecified atom stereocenters. The fourth-order valence-electron chi connectivity index (χ4n) is 2.05. The smallest absolute Gasteiger partial charge is 0.163 e. The van der Waals surface area contributed by atoms with Gasteiger partial charge in [0.1, 0.15) is 13.2 Å². The number of ether oxygens (including phenoxy) is 2. The van der Waals surface area contributed by atoms with Crippen LogP contribution in [-0.2, 0) is 0 Å². The van der Waals surface area contributed by atoms with Gasteiger partial charge in [0.25, 0.3) is 0 Å². The predicted molar refractivity (Wildman–Crippen MR) is 71.6 cm³/mol. The Morgan fingerprint density at radius 2 is 1.89 bits per heavy atom. The number of benzene rings is 1. The van der Waals surface area contributed by atoms with Crippen LogP contribution in [-0.4, -0.2) is 38.5 Å². The molecular weight excluding hydrogens is 230 g/mol. The van der Waals surface area contributed by atoms with Gasteiger partial charge in [-0.2, -0.15) is 0 Å². The van der Waals surface area contributed by atoms with Crippen molar-refractivity contribution in [2.45, 2.75) is 13.8 Å². The lowest BCUT2D eigenvalue weighted by molar-refractivity contribution is 0.165. The van der Waals surface area contributed by atoms with Crippen molar-refractivity contribution in [3.8, 4) is 11.5 Å². The summed E-state index contributed by atoms with van der Waals surface area (Å²) in [5, 5.41) is 9.31. The number of anilines is 1. The van der Waals surface area contributed by atoms with E-state index in [1.54, 1.807) is 0 Å². The van der Waals surface area contributed by atoms with Crippen LogP contribution >= 0.6 is 0 Å². The van der Waals surface area contributed by atoms with Crippen molar-refractivity contribution in [3.05, 3.63) is 18.2 Å². The standard InChI is InChI=1S/C14H21NO3/c1-14(2,10-16)9-15(3)11-4-5-12-13(8-11)18-7-6-17-12/h4-5,8,16H,6-7,9-10H2,1-3H3. The summed E-state index contributed by atoms with van der Waals surface area (Å²) in [4.78, 5) is 2.12. The van der Waals surface area contributed by atoms with Crippen molar-refractivity contribution < 1.29 is 14.6 Å². The number of hydrogen-bond donors (Lipinski definition) is 1. The van der Waals surface area contributed by atoms with Gasteiger partial charge in [-0.3, -0.25) is 0 Å². The van der Waals surface area contributed by atoms with Gasteiger partial charge in [0, 0.05) is 37.4 Å². The lowest BCUT2D eigenvalue weighted by Crippen LogP contribution is -2.33. The topological polar surface area (TPSA) is 41.9 Å². The zero-order valence-corrected chi connectivity index (χ0v) is 11.3. The molecule has 0 atom stereocenters. The van der Waals surface area contributed by atoms with Crippen LogP contribution < -0.4 is 14.4 Å². The molecule has 4 heteroatoms. The Bertz CT molecular complexity index is 418. The highest BCUT2D eigenvalue weighted by atomic mass is 16.6. The maximum absolute atomic E-state index is 9.31. The fraction of sp³-hybridized carbons (Fsp3) is 0.571. The molecule has 0 spiro atoms. The SMILES string of the molecule is CN(CC(C)(C)CO)c1ccc2c(c1)OCCO2. The zero-order valence-electron chi connectivity index (χ0n) is 11.3. The van der Waals surface area contributed by atoms with Crippen LogP contribution in [0.4, 0.5) is 5.69 Å². The van der Waals surface area contributed by atoms with Gasteiger partial charge in [-0.15, -0.1) is 0 Å². The molecule has 0 fully saturated rings. The second kappa shape index (κ2) is 5.06. The zero-order chi connectivity index (χ0) is 13.2. The molecule has 0 aromatic heterocycles. The highest BCUT2D eigenvalue weighted by Crippen LogP contribution is 2.34. The van der Waals surface area contributed by atoms with E-state index < -0.39 is 0 Å². The van der Waals surface area contributed by atoms with Crippen molar-refractivity contribution in [1.82, 2.24) is 0 Å². The van der Waals surface area contributed by atoms with E-state index in [9.17, 15) is 5.11 Å². The van der Waals surface area contributed by atoms with Crippen LogP contribution in [0.15, 0.2) is 18.2 Å². The highest BCUT2D eigenvalue weighted by Gasteiger charge is 2.20. The molecule has 1 aliphatic rings. The Morgan fingerprint density at radius 1 is 1.22 bits per heavy atom. The third-order valence-electron chi connectivity index (χ3n) is 3.06. The number of aliphatic hydroxyl groups excluding tert-OH is 1. The summed E-state index contributed by atoms with van der Waals surface area (Å²) in [5.41, 5.74) is 0.947. The quantitative estimate of drug-likeness (QED) is 0.887. The lowest BCUT2D eigenvalue weighted by Gasteiger charge is -2.30. The van der Waals surface area contributed by atoms with Gasteiger partial charge in [-0.05, 0) is 12.1 Å². The number of hydrogen-bond acceptors (Lipinski definition) is 4. The van der Waals surface area contributed by atoms with Crippen LogP contribution in [0.25, 0.3) is 0 Å². The molecule has 2 rings (SSSR count). The van der Waals surface area contributed by atoms with Crippen molar-refractivity contribution in [2.24, 2.45) is 5.41 Å². The summed E-state index contributed by atoms with van der Waals surface area (Å²) in [7, 11) is 2.02. The average Bonchev–Trinajstić information content (AvgIpc) is 2.37. The first-order valence-electron chi connectivity index (χ1n) is 6.23. The van der Waals surface area contributed by atoms with Crippen LogP contribution in [0.2, 0.25) is 0 Å². The van der Waals surface area contributed by atoms with E-state index in [4.69, 9.17) is 9.47 Å². The molecule has 1 N–H and O–H groups in total. The molecule has 4 nitrogen and oxygen atoms in total. The van der Waals surface area contributed by atoms with Crippen LogP contribution in [0, 0.1) is 5.41 Å². The normalized spacial score (nSPS) is 14.4. The summed E-state index contributed by atoms with van der Waals surface area (Å²) in [5.74, 6) is 1.60. The monoisotopic (exact) mass is 251 g/mol. The summed E-state index contributed by atoms with van der Waals surface area (Å²) in [6, 6.07) is 5.94. The molecule has 0 saturated heterocycles. The van der Waals surface area contributed by atoms with Gasteiger partial charge in [-0.25, -0.2) is 0 Å². The Kier molecular flexibility index (Phi) is 3.66. The van der Waals surface area contributed by atoms with Gasteiger partial charge >= 0.3 is 0 Å². The van der Waals surface area contributed by atoms with Gasteiger partial charge in [0.15, 0.2) is 11.5 Å². The lowest BCUT2D eigenvalue weighted by atomic mass is 9.94. The van der Waals surface area contributed by atoms with Crippen LogP contribution in [0.5, 0.6) is 11.5 Å². The molecule has 1 aromatic carbocycles. The fourth-order valence-corrected chi connectivity index (χ4v) is 2.05. The molecule has 0 radical (unpaired) electrons. The number of rotatable bonds is 4. The highest BCUT2D eigenvalue weighted by molar-refractivity contribution is 5.56. The molecule has 18 heavy (non-hydrogen) atoms. The van der Waals surface area contributed by atoms with E-state index in [1.165, 1.54) is 0 Å². The van der Waals surface area contributed by atoms with Crippen molar-refractivity contribution in [2.75, 3.05) is 38.3 Å². The molecule has 1 aliphatic heterocycles. The van der Waals surface area contributed by atoms with Crippen molar-refractivity contribution in [1.29, 1.82) is 0 Å². The number of nitrogens with zero attached hydrogens (tertiary/aromatic N) is 1. The van der Waals surface area contributed by atoms with E-state index in [1.807, 2.05) is 39.1 Å². The van der Waals surface area contributed by atoms with Gasteiger partial charge in [0.05, 0.1) is 0 Å². The minimum Gasteiger partial charge on any atom is -0.486 e. The van der Waals surface area contributed by atoms with E-state index in [0.29, 0.717) is 13.2 Å². The summed E-state index contributed by atoms with van der Waals surface area (Å²) >= 11 is 0. The maximum Gasteiger partial charge on any atom is 0.163 e. The average molecular weight is 251 g/mol. The predicted octanol–water partition coefficient (Wildman–Crippen LogP) is 1.91. The van der Waals surface area contributed by atoms with Gasteiger partial charge in [-0.1, -0.05) is 13.8 Å². The summed E-state index contributed by atoms with van der Waals surface area (Å²) in [6.45, 7) is 6.25. The van der Waals surface area contributed by atoms with Crippen LogP contribution in [0.1, 0.15) is 13.8 Å². The maximum atomic E-state index is 9.31. The first-order valence-corrected chi connectivity index (χ1v) is 6.23. The molecule has 0 amide bonds. The third-order valence-corrected chi connectivity index (χ3v) is 3.06. The molecular formula is C14H21NO3. The van der Waals surface area contributed by atoms with Gasteiger partial charge < -0.3 is 19.5 Å². The third kappa shape index (κ3) is 2.88. The van der Waals surface area contributed by atoms with Crippen LogP contribution in [0.3, 0.4) is 0 Å². The first-order chi connectivity index (χ1) is 8.52. The molecule has 1 heterocycles. The number of aliphatic hydroxyl groups is 1. The van der Waals surface area contributed by atoms with E-state index in [-0.39, 0.29) is 12.0 Å². The molecule has 0 saturated carbocycles. The Balaban J connectivity index is 2.13. The van der Waals surface area contributed by atoms with Crippen molar-refractivity contribution >= 4 is 5.69 Å². The summed E-state index contributed by atoms with van der Waals surface area (Å²) < 4.78 is 11.1. The minimum absolute atomic E-state index is 0.123. The number of fused-ring (bicyclic) bond motifs is 1. The second-order valence-corrected chi connectivity index (χ2v) is 5.51. The molecule has 0 bridgehead atoms. The molecule has 0 aliphatic carbocycles. The minimum atomic E-state index is -0.123. The Hall–Kier alpha value is -1.42. The second-order valence-electron chi connectivity index (χ2n) is 5.51. The first kappa shape index (κ1) is 13.0. The summed E-state index contributed by atoms with van der Waals surface area (Å²) in [6.07, 6.45) is 0. The Labute approximate surface area is 108 Å². The molecule has 100 valence electrons. The van der Waals surface area contributed by atoms with E-state index in [2.05, 4.69) is 4.90 Å². The van der Waals surface area contributed by atoms with E-state index >= 15 is 0 Å². The van der Waals surface area contributed by atoms with Gasteiger partial charge in [0.2, 0.25) is 0 Å². The van der Waals surface area contributed by atoms with E-state index in [0.717, 1.165) is 23.7 Å². The largest absolute Gasteiger partial charge is 0.486 e. The van der Waals surface area contributed by atoms with Crippen molar-refractivity contribution in [3.63, 3.8) is 0 Å². The Morgan fingerprint density at radius 3 is 2.56 bits per heavy atom.